The molecule has 3 atom stereocenters. The number of fused-ring (bicyclic) bond motifs is 2. The summed E-state index contributed by atoms with van der Waals surface area (Å²) in [5.74, 6) is 4.13. The molecule has 1 aromatic rings. The molecule has 2 aliphatic carbocycles. The number of rotatable bonds is 4. The first-order valence-electron chi connectivity index (χ1n) is 6.54. The van der Waals surface area contributed by atoms with E-state index < -0.39 is 0 Å². The number of furan rings is 1. The van der Waals surface area contributed by atoms with E-state index in [-0.39, 0.29) is 0 Å². The van der Waals surface area contributed by atoms with Gasteiger partial charge in [-0.1, -0.05) is 6.42 Å². The third-order valence-corrected chi connectivity index (χ3v) is 4.36. The number of hydrogen-bond donors (Lipinski definition) is 1. The Morgan fingerprint density at radius 3 is 2.94 bits per heavy atom. The summed E-state index contributed by atoms with van der Waals surface area (Å²) in [5.41, 5.74) is 0. The molecule has 3 rings (SSSR count). The molecule has 2 bridgehead atoms. The van der Waals surface area contributed by atoms with Crippen LogP contribution in [0.25, 0.3) is 0 Å². The fourth-order valence-electron chi connectivity index (χ4n) is 3.54. The molecular formula is C14H18N2O. The van der Waals surface area contributed by atoms with E-state index in [4.69, 9.17) is 9.68 Å². The molecule has 1 aromatic heterocycles. The SMILES string of the molecule is N#Cc1ccc(CNCC2CC3CCC2C3)o1. The van der Waals surface area contributed by atoms with Crippen molar-refractivity contribution in [2.45, 2.75) is 32.2 Å². The average Bonchev–Trinajstić information content (AvgIpc) is 3.04. The third kappa shape index (κ3) is 2.23. The van der Waals surface area contributed by atoms with Crippen LogP contribution in [0.1, 0.15) is 37.2 Å². The van der Waals surface area contributed by atoms with Gasteiger partial charge in [-0.3, -0.25) is 0 Å². The first kappa shape index (κ1) is 10.9. The molecule has 2 saturated carbocycles. The molecule has 0 amide bonds. The van der Waals surface area contributed by atoms with Crippen LogP contribution in [0, 0.1) is 29.1 Å². The molecule has 3 nitrogen and oxygen atoms in total. The molecule has 0 aliphatic heterocycles. The smallest absolute Gasteiger partial charge is 0.203 e. The van der Waals surface area contributed by atoms with Crippen LogP contribution < -0.4 is 5.32 Å². The van der Waals surface area contributed by atoms with Crippen molar-refractivity contribution < 1.29 is 4.42 Å². The summed E-state index contributed by atoms with van der Waals surface area (Å²) >= 11 is 0. The lowest BCUT2D eigenvalue weighted by Gasteiger charge is -2.21. The third-order valence-electron chi connectivity index (χ3n) is 4.36. The normalized spacial score (nSPS) is 30.6. The highest BCUT2D eigenvalue weighted by atomic mass is 16.3. The van der Waals surface area contributed by atoms with Crippen LogP contribution >= 0.6 is 0 Å². The van der Waals surface area contributed by atoms with Gasteiger partial charge in [0, 0.05) is 0 Å². The Kier molecular flexibility index (Phi) is 2.90. The topological polar surface area (TPSA) is 49.0 Å². The van der Waals surface area contributed by atoms with Crippen LogP contribution in [0.4, 0.5) is 0 Å². The minimum atomic E-state index is 0.404. The van der Waals surface area contributed by atoms with E-state index in [1.165, 1.54) is 25.7 Å². The Bertz CT molecular complexity index is 432. The summed E-state index contributed by atoms with van der Waals surface area (Å²) in [5, 5.41) is 12.1. The van der Waals surface area contributed by atoms with E-state index in [1.54, 1.807) is 6.07 Å². The van der Waals surface area contributed by atoms with Gasteiger partial charge < -0.3 is 9.73 Å². The van der Waals surface area contributed by atoms with Crippen molar-refractivity contribution in [3.05, 3.63) is 23.7 Å². The number of hydrogen-bond acceptors (Lipinski definition) is 3. The summed E-state index contributed by atoms with van der Waals surface area (Å²) < 4.78 is 5.34. The quantitative estimate of drug-likeness (QED) is 0.865. The Hall–Kier alpha value is -1.27. The number of nitriles is 1. The zero-order valence-corrected chi connectivity index (χ0v) is 9.98. The van der Waals surface area contributed by atoms with Crippen molar-refractivity contribution in [1.29, 1.82) is 5.26 Å². The first-order chi connectivity index (χ1) is 8.35. The second kappa shape index (κ2) is 4.54. The zero-order valence-electron chi connectivity index (χ0n) is 9.98. The van der Waals surface area contributed by atoms with Gasteiger partial charge in [0.1, 0.15) is 11.8 Å². The first-order valence-corrected chi connectivity index (χ1v) is 6.54. The van der Waals surface area contributed by atoms with Crippen LogP contribution in [0.3, 0.4) is 0 Å². The van der Waals surface area contributed by atoms with Crippen molar-refractivity contribution >= 4 is 0 Å². The Morgan fingerprint density at radius 2 is 2.29 bits per heavy atom. The largest absolute Gasteiger partial charge is 0.449 e. The predicted molar refractivity (Wildman–Crippen MR) is 64.1 cm³/mol. The summed E-state index contributed by atoms with van der Waals surface area (Å²) in [7, 11) is 0. The second-order valence-corrected chi connectivity index (χ2v) is 5.44. The molecular weight excluding hydrogens is 212 g/mol. The molecule has 3 heteroatoms. The van der Waals surface area contributed by atoms with Crippen LogP contribution in [-0.2, 0) is 6.54 Å². The van der Waals surface area contributed by atoms with E-state index in [1.807, 2.05) is 12.1 Å². The van der Waals surface area contributed by atoms with E-state index in [9.17, 15) is 0 Å². The van der Waals surface area contributed by atoms with Gasteiger partial charge in [-0.15, -0.1) is 0 Å². The highest BCUT2D eigenvalue weighted by Gasteiger charge is 2.38. The van der Waals surface area contributed by atoms with Gasteiger partial charge in [-0.05, 0) is 55.7 Å². The second-order valence-electron chi connectivity index (χ2n) is 5.44. The molecule has 90 valence electrons. The van der Waals surface area contributed by atoms with Gasteiger partial charge in [0.05, 0.1) is 6.54 Å². The molecule has 3 unspecified atom stereocenters. The van der Waals surface area contributed by atoms with E-state index in [0.29, 0.717) is 5.76 Å². The maximum atomic E-state index is 8.66. The van der Waals surface area contributed by atoms with E-state index in [0.717, 1.165) is 36.6 Å². The van der Waals surface area contributed by atoms with Crippen molar-refractivity contribution in [3.63, 3.8) is 0 Å². The molecule has 0 aromatic carbocycles. The van der Waals surface area contributed by atoms with Crippen LogP contribution in [-0.4, -0.2) is 6.54 Å². The average molecular weight is 230 g/mol. The van der Waals surface area contributed by atoms with Gasteiger partial charge in [0.2, 0.25) is 5.76 Å². The Balaban J connectivity index is 1.45. The molecule has 2 aliphatic rings. The lowest BCUT2D eigenvalue weighted by Crippen LogP contribution is -2.26. The van der Waals surface area contributed by atoms with Crippen LogP contribution in [0.15, 0.2) is 16.5 Å². The summed E-state index contributed by atoms with van der Waals surface area (Å²) in [4.78, 5) is 0. The minimum absolute atomic E-state index is 0.404. The molecule has 0 saturated heterocycles. The predicted octanol–water partition coefficient (Wildman–Crippen LogP) is 2.68. The van der Waals surface area contributed by atoms with Crippen molar-refractivity contribution in [2.24, 2.45) is 17.8 Å². The number of nitrogens with zero attached hydrogens (tertiary/aromatic N) is 1. The molecule has 17 heavy (non-hydrogen) atoms. The Morgan fingerprint density at radius 1 is 1.35 bits per heavy atom. The van der Waals surface area contributed by atoms with Crippen LogP contribution in [0.5, 0.6) is 0 Å². The molecule has 2 fully saturated rings. The minimum Gasteiger partial charge on any atom is -0.449 e. The summed E-state index contributed by atoms with van der Waals surface area (Å²) in [6.45, 7) is 1.85. The van der Waals surface area contributed by atoms with E-state index in [2.05, 4.69) is 5.32 Å². The molecule has 0 spiro atoms. The lowest BCUT2D eigenvalue weighted by atomic mass is 9.89. The highest BCUT2D eigenvalue weighted by molar-refractivity contribution is 5.18. The van der Waals surface area contributed by atoms with Gasteiger partial charge in [-0.25, -0.2) is 0 Å². The summed E-state index contributed by atoms with van der Waals surface area (Å²) in [6, 6.07) is 5.62. The van der Waals surface area contributed by atoms with Crippen molar-refractivity contribution in [1.82, 2.24) is 5.32 Å². The monoisotopic (exact) mass is 230 g/mol. The molecule has 0 radical (unpaired) electrons. The van der Waals surface area contributed by atoms with Crippen molar-refractivity contribution in [2.75, 3.05) is 6.54 Å². The standard InChI is InChI=1S/C14H18N2O/c15-7-13-3-4-14(17-13)9-16-8-12-6-10-1-2-11(12)5-10/h3-4,10-12,16H,1-2,5-6,8-9H2. The van der Waals surface area contributed by atoms with Gasteiger partial charge in [0.25, 0.3) is 0 Å². The fourth-order valence-corrected chi connectivity index (χ4v) is 3.54. The zero-order chi connectivity index (χ0) is 11.7. The van der Waals surface area contributed by atoms with Gasteiger partial charge in [-0.2, -0.15) is 5.26 Å². The van der Waals surface area contributed by atoms with Gasteiger partial charge in [0.15, 0.2) is 0 Å². The fraction of sp³-hybridized carbons (Fsp3) is 0.643. The van der Waals surface area contributed by atoms with E-state index >= 15 is 0 Å². The van der Waals surface area contributed by atoms with Crippen molar-refractivity contribution in [3.8, 4) is 6.07 Å². The maximum Gasteiger partial charge on any atom is 0.203 e. The highest BCUT2D eigenvalue weighted by Crippen LogP contribution is 2.47. The van der Waals surface area contributed by atoms with Crippen LogP contribution in [0.2, 0.25) is 0 Å². The molecule has 1 N–H and O–H groups in total. The van der Waals surface area contributed by atoms with Gasteiger partial charge >= 0.3 is 0 Å². The Labute approximate surface area is 102 Å². The maximum absolute atomic E-state index is 8.66. The molecule has 1 heterocycles. The summed E-state index contributed by atoms with van der Waals surface area (Å²) in [6.07, 6.45) is 5.78. The number of nitrogens with one attached hydrogen (secondary N) is 1. The lowest BCUT2D eigenvalue weighted by molar-refractivity contribution is 0.314.